The lowest BCUT2D eigenvalue weighted by atomic mass is 10.1. The minimum absolute atomic E-state index is 0.317. The monoisotopic (exact) mass is 284 g/mol. The van der Waals surface area contributed by atoms with Crippen LogP contribution in [0.3, 0.4) is 0 Å². The molecule has 1 aromatic carbocycles. The zero-order valence-corrected chi connectivity index (χ0v) is 12.6. The van der Waals surface area contributed by atoms with Gasteiger partial charge in [0.15, 0.2) is 0 Å². The molecule has 1 rings (SSSR count). The fraction of sp³-hybridized carbons (Fsp3) is 0.571. The summed E-state index contributed by atoms with van der Waals surface area (Å²) >= 11 is 0. The molecule has 0 aromatic heterocycles. The molecular weight excluding hydrogens is 260 g/mol. The quantitative estimate of drug-likeness (QED) is 0.720. The summed E-state index contributed by atoms with van der Waals surface area (Å²) in [7, 11) is -3.39. The molecule has 3 N–H and O–H groups in total. The highest BCUT2D eigenvalue weighted by Crippen LogP contribution is 2.15. The van der Waals surface area contributed by atoms with Gasteiger partial charge in [-0.05, 0) is 36.6 Å². The molecular formula is C14H24N2O2S. The largest absolute Gasteiger partial charge is 0.326 e. The zero-order valence-electron chi connectivity index (χ0n) is 11.8. The summed E-state index contributed by atoms with van der Waals surface area (Å²) in [6, 6.07) is 5.07. The summed E-state index contributed by atoms with van der Waals surface area (Å²) in [5, 5.41) is 0. The average Bonchev–Trinajstić information content (AvgIpc) is 2.38. The summed E-state index contributed by atoms with van der Waals surface area (Å²) in [5.41, 5.74) is 7.46. The molecule has 5 heteroatoms. The normalized spacial score (nSPS) is 11.7. The van der Waals surface area contributed by atoms with Gasteiger partial charge in [0.05, 0.1) is 4.90 Å². The Morgan fingerprint density at radius 2 is 1.95 bits per heavy atom. The molecule has 108 valence electrons. The van der Waals surface area contributed by atoms with E-state index in [0.29, 0.717) is 18.0 Å². The Labute approximate surface area is 116 Å². The van der Waals surface area contributed by atoms with Crippen molar-refractivity contribution in [1.82, 2.24) is 4.72 Å². The third-order valence-corrected chi connectivity index (χ3v) is 4.63. The molecule has 0 spiro atoms. The van der Waals surface area contributed by atoms with Crippen LogP contribution < -0.4 is 10.5 Å². The third-order valence-electron chi connectivity index (χ3n) is 3.17. The first-order valence-electron chi connectivity index (χ1n) is 6.80. The Morgan fingerprint density at radius 1 is 1.21 bits per heavy atom. The highest BCUT2D eigenvalue weighted by molar-refractivity contribution is 7.89. The van der Waals surface area contributed by atoms with Crippen LogP contribution in [-0.2, 0) is 16.6 Å². The number of sulfonamides is 1. The van der Waals surface area contributed by atoms with Crippen LogP contribution in [0.25, 0.3) is 0 Å². The van der Waals surface area contributed by atoms with E-state index in [4.69, 9.17) is 5.73 Å². The molecule has 0 aliphatic rings. The van der Waals surface area contributed by atoms with Gasteiger partial charge in [0.2, 0.25) is 10.0 Å². The number of rotatable bonds is 8. The molecule has 0 aliphatic heterocycles. The second kappa shape index (κ2) is 7.62. The van der Waals surface area contributed by atoms with Gasteiger partial charge in [-0.3, -0.25) is 0 Å². The van der Waals surface area contributed by atoms with E-state index in [-0.39, 0.29) is 0 Å². The van der Waals surface area contributed by atoms with Crippen LogP contribution in [0, 0.1) is 6.92 Å². The van der Waals surface area contributed by atoms with Crippen LogP contribution in [0.15, 0.2) is 23.1 Å². The Balaban J connectivity index is 2.64. The number of nitrogens with one attached hydrogen (secondary N) is 1. The SMILES string of the molecule is CCCCCCNS(=O)(=O)c1ccc(CN)c(C)c1. The van der Waals surface area contributed by atoms with E-state index in [1.54, 1.807) is 18.2 Å². The van der Waals surface area contributed by atoms with E-state index in [1.165, 1.54) is 0 Å². The summed E-state index contributed by atoms with van der Waals surface area (Å²) in [6.45, 7) is 4.94. The zero-order chi connectivity index (χ0) is 14.3. The average molecular weight is 284 g/mol. The maximum absolute atomic E-state index is 12.1. The lowest BCUT2D eigenvalue weighted by molar-refractivity contribution is 0.573. The molecule has 0 fully saturated rings. The molecule has 0 radical (unpaired) electrons. The molecule has 0 bridgehead atoms. The van der Waals surface area contributed by atoms with E-state index in [9.17, 15) is 8.42 Å². The standard InChI is InChI=1S/C14H24N2O2S/c1-3-4-5-6-9-16-19(17,18)14-8-7-13(11-15)12(2)10-14/h7-8,10,16H,3-6,9,11,15H2,1-2H3. The minimum Gasteiger partial charge on any atom is -0.326 e. The number of benzene rings is 1. The van der Waals surface area contributed by atoms with Gasteiger partial charge in [-0.25, -0.2) is 13.1 Å². The van der Waals surface area contributed by atoms with Gasteiger partial charge in [0.1, 0.15) is 0 Å². The van der Waals surface area contributed by atoms with Crippen molar-refractivity contribution < 1.29 is 8.42 Å². The Bertz CT molecular complexity index is 498. The predicted molar refractivity (Wildman–Crippen MR) is 78.4 cm³/mol. The number of aryl methyl sites for hydroxylation is 1. The third kappa shape index (κ3) is 4.93. The second-order valence-electron chi connectivity index (χ2n) is 4.75. The molecule has 1 aromatic rings. The van der Waals surface area contributed by atoms with Crippen molar-refractivity contribution in [3.63, 3.8) is 0 Å². The number of hydrogen-bond acceptors (Lipinski definition) is 3. The highest BCUT2D eigenvalue weighted by atomic mass is 32.2. The van der Waals surface area contributed by atoms with Crippen molar-refractivity contribution in [2.45, 2.75) is 51.0 Å². The molecule has 0 atom stereocenters. The van der Waals surface area contributed by atoms with Crippen molar-refractivity contribution in [2.24, 2.45) is 5.73 Å². The number of unbranched alkanes of at least 4 members (excludes halogenated alkanes) is 3. The second-order valence-corrected chi connectivity index (χ2v) is 6.52. The van der Waals surface area contributed by atoms with Crippen molar-refractivity contribution in [1.29, 1.82) is 0 Å². The molecule has 0 saturated heterocycles. The van der Waals surface area contributed by atoms with Crippen molar-refractivity contribution >= 4 is 10.0 Å². The predicted octanol–water partition coefficient (Wildman–Crippen LogP) is 2.31. The van der Waals surface area contributed by atoms with E-state index in [0.717, 1.165) is 36.8 Å². The van der Waals surface area contributed by atoms with Gasteiger partial charge < -0.3 is 5.73 Å². The Hall–Kier alpha value is -0.910. The number of nitrogens with two attached hydrogens (primary N) is 1. The first-order chi connectivity index (χ1) is 9.01. The maximum Gasteiger partial charge on any atom is 0.240 e. The summed E-state index contributed by atoms with van der Waals surface area (Å²) in [5.74, 6) is 0. The lowest BCUT2D eigenvalue weighted by Crippen LogP contribution is -2.25. The molecule has 4 nitrogen and oxygen atoms in total. The fourth-order valence-electron chi connectivity index (χ4n) is 1.91. The molecule has 0 heterocycles. The molecule has 0 aliphatic carbocycles. The van der Waals surface area contributed by atoms with E-state index in [1.807, 2.05) is 6.92 Å². The first kappa shape index (κ1) is 16.1. The van der Waals surface area contributed by atoms with E-state index < -0.39 is 10.0 Å². The first-order valence-corrected chi connectivity index (χ1v) is 8.29. The smallest absolute Gasteiger partial charge is 0.240 e. The van der Waals surface area contributed by atoms with E-state index in [2.05, 4.69) is 11.6 Å². The molecule has 19 heavy (non-hydrogen) atoms. The van der Waals surface area contributed by atoms with Gasteiger partial charge in [-0.15, -0.1) is 0 Å². The Morgan fingerprint density at radius 3 is 2.53 bits per heavy atom. The summed E-state index contributed by atoms with van der Waals surface area (Å²) < 4.78 is 26.8. The lowest BCUT2D eigenvalue weighted by Gasteiger charge is -2.09. The summed E-state index contributed by atoms with van der Waals surface area (Å²) in [4.78, 5) is 0.317. The van der Waals surface area contributed by atoms with Crippen LogP contribution in [-0.4, -0.2) is 15.0 Å². The van der Waals surface area contributed by atoms with Crippen LogP contribution in [0.5, 0.6) is 0 Å². The molecule has 0 amide bonds. The van der Waals surface area contributed by atoms with Gasteiger partial charge in [0.25, 0.3) is 0 Å². The number of hydrogen-bond donors (Lipinski definition) is 2. The fourth-order valence-corrected chi connectivity index (χ4v) is 3.07. The molecule has 0 saturated carbocycles. The van der Waals surface area contributed by atoms with Crippen LogP contribution >= 0.6 is 0 Å². The topological polar surface area (TPSA) is 72.2 Å². The van der Waals surface area contributed by atoms with Crippen LogP contribution in [0.1, 0.15) is 43.7 Å². The Kier molecular flexibility index (Phi) is 6.48. The highest BCUT2D eigenvalue weighted by Gasteiger charge is 2.13. The van der Waals surface area contributed by atoms with Crippen LogP contribution in [0.4, 0.5) is 0 Å². The van der Waals surface area contributed by atoms with Gasteiger partial charge in [0, 0.05) is 13.1 Å². The van der Waals surface area contributed by atoms with Crippen molar-refractivity contribution in [3.8, 4) is 0 Å². The van der Waals surface area contributed by atoms with Gasteiger partial charge in [-0.2, -0.15) is 0 Å². The van der Waals surface area contributed by atoms with Crippen molar-refractivity contribution in [3.05, 3.63) is 29.3 Å². The van der Waals surface area contributed by atoms with Gasteiger partial charge >= 0.3 is 0 Å². The van der Waals surface area contributed by atoms with Crippen LogP contribution in [0.2, 0.25) is 0 Å². The van der Waals surface area contributed by atoms with Crippen molar-refractivity contribution in [2.75, 3.05) is 6.54 Å². The summed E-state index contributed by atoms with van der Waals surface area (Å²) in [6.07, 6.45) is 4.23. The molecule has 0 unspecified atom stereocenters. The maximum atomic E-state index is 12.1. The van der Waals surface area contributed by atoms with Gasteiger partial charge in [-0.1, -0.05) is 32.3 Å². The minimum atomic E-state index is -3.39. The van der Waals surface area contributed by atoms with E-state index >= 15 is 0 Å².